The molecule has 1 atom stereocenters. The fraction of sp³-hybridized carbons (Fsp3) is 0.421. The van der Waals surface area contributed by atoms with Crippen LogP contribution >= 0.6 is 0 Å². The van der Waals surface area contributed by atoms with Crippen LogP contribution in [-0.4, -0.2) is 44.8 Å². The lowest BCUT2D eigenvalue weighted by atomic mass is 10.0. The number of pyridine rings is 2. The number of rotatable bonds is 5. The van der Waals surface area contributed by atoms with Crippen LogP contribution in [0.25, 0.3) is 0 Å². The highest BCUT2D eigenvalue weighted by Crippen LogP contribution is 2.20. The summed E-state index contributed by atoms with van der Waals surface area (Å²) in [6, 6.07) is 8.28. The number of likely N-dealkylation sites (tertiary alicyclic amines) is 1. The summed E-state index contributed by atoms with van der Waals surface area (Å²) in [5, 5.41) is 0. The predicted octanol–water partition coefficient (Wildman–Crippen LogP) is 2.49. The molecular formula is C19H24N4O. The van der Waals surface area contributed by atoms with Crippen molar-refractivity contribution in [2.75, 3.05) is 13.1 Å². The molecule has 126 valence electrons. The Morgan fingerprint density at radius 3 is 2.54 bits per heavy atom. The maximum absolute atomic E-state index is 12.2. The molecule has 1 amide bonds. The number of aromatic nitrogens is 2. The Bertz CT molecular complexity index is 647. The summed E-state index contributed by atoms with van der Waals surface area (Å²) >= 11 is 0. The van der Waals surface area contributed by atoms with Crippen molar-refractivity contribution in [2.24, 2.45) is 0 Å². The SMILES string of the molecule is CC(=O)N(Cc1cccnc1)C1CCCN(Cc2cccnc2)C1. The van der Waals surface area contributed by atoms with Crippen LogP contribution in [0.5, 0.6) is 0 Å². The summed E-state index contributed by atoms with van der Waals surface area (Å²) in [6.45, 7) is 5.17. The fourth-order valence-electron chi connectivity index (χ4n) is 3.36. The van der Waals surface area contributed by atoms with Gasteiger partial charge in [0.2, 0.25) is 5.91 Å². The fourth-order valence-corrected chi connectivity index (χ4v) is 3.36. The second-order valence-corrected chi connectivity index (χ2v) is 6.40. The summed E-state index contributed by atoms with van der Waals surface area (Å²) in [7, 11) is 0. The minimum atomic E-state index is 0.132. The highest BCUT2D eigenvalue weighted by Gasteiger charge is 2.27. The standard InChI is InChI=1S/C19H24N4O/c1-16(24)23(14-18-6-3-9-21-12-18)19-7-4-10-22(15-19)13-17-5-2-8-20-11-17/h2-3,5-6,8-9,11-12,19H,4,7,10,13-15H2,1H3. The summed E-state index contributed by atoms with van der Waals surface area (Å²) in [6.07, 6.45) is 9.49. The van der Waals surface area contributed by atoms with Crippen LogP contribution < -0.4 is 0 Å². The van der Waals surface area contributed by atoms with Gasteiger partial charge in [0.05, 0.1) is 0 Å². The van der Waals surface area contributed by atoms with Gasteiger partial charge in [-0.1, -0.05) is 12.1 Å². The Morgan fingerprint density at radius 2 is 1.92 bits per heavy atom. The Morgan fingerprint density at radius 1 is 1.21 bits per heavy atom. The molecule has 5 nitrogen and oxygen atoms in total. The van der Waals surface area contributed by atoms with Crippen molar-refractivity contribution in [2.45, 2.75) is 38.9 Å². The zero-order chi connectivity index (χ0) is 16.8. The van der Waals surface area contributed by atoms with E-state index < -0.39 is 0 Å². The van der Waals surface area contributed by atoms with Gasteiger partial charge in [0.1, 0.15) is 0 Å². The number of hydrogen-bond donors (Lipinski definition) is 0. The van der Waals surface area contributed by atoms with Crippen molar-refractivity contribution in [3.05, 3.63) is 60.2 Å². The van der Waals surface area contributed by atoms with Crippen LogP contribution in [0.4, 0.5) is 0 Å². The number of hydrogen-bond acceptors (Lipinski definition) is 4. The molecule has 2 aromatic rings. The molecule has 0 N–H and O–H groups in total. The Balaban J connectivity index is 1.66. The van der Waals surface area contributed by atoms with Gasteiger partial charge >= 0.3 is 0 Å². The quantitative estimate of drug-likeness (QED) is 0.848. The van der Waals surface area contributed by atoms with E-state index in [4.69, 9.17) is 0 Å². The molecule has 1 fully saturated rings. The summed E-state index contributed by atoms with van der Waals surface area (Å²) in [5.74, 6) is 0.132. The van der Waals surface area contributed by atoms with E-state index in [9.17, 15) is 4.79 Å². The molecule has 0 aromatic carbocycles. The molecule has 1 saturated heterocycles. The van der Waals surface area contributed by atoms with E-state index in [1.807, 2.05) is 35.5 Å². The summed E-state index contributed by atoms with van der Waals surface area (Å²) in [4.78, 5) is 25.0. The van der Waals surface area contributed by atoms with E-state index >= 15 is 0 Å². The van der Waals surface area contributed by atoms with E-state index in [-0.39, 0.29) is 11.9 Å². The molecule has 2 aromatic heterocycles. The van der Waals surface area contributed by atoms with E-state index in [1.54, 1.807) is 19.3 Å². The van der Waals surface area contributed by atoms with Gasteiger partial charge in [-0.05, 0) is 42.6 Å². The average Bonchev–Trinajstić information content (AvgIpc) is 2.61. The van der Waals surface area contributed by atoms with Crippen LogP contribution in [0.3, 0.4) is 0 Å². The van der Waals surface area contributed by atoms with Crippen molar-refractivity contribution in [3.63, 3.8) is 0 Å². The number of piperidine rings is 1. The van der Waals surface area contributed by atoms with Crippen molar-refractivity contribution in [1.82, 2.24) is 19.8 Å². The smallest absolute Gasteiger partial charge is 0.220 e. The number of carbonyl (C=O) groups is 1. The largest absolute Gasteiger partial charge is 0.334 e. The zero-order valence-corrected chi connectivity index (χ0v) is 14.1. The van der Waals surface area contributed by atoms with Gasteiger partial charge < -0.3 is 4.90 Å². The van der Waals surface area contributed by atoms with Gasteiger partial charge in [0.25, 0.3) is 0 Å². The normalized spacial score (nSPS) is 18.3. The molecule has 1 aliphatic rings. The first-order valence-electron chi connectivity index (χ1n) is 8.50. The van der Waals surface area contributed by atoms with Crippen LogP contribution in [0.15, 0.2) is 49.1 Å². The zero-order valence-electron chi connectivity index (χ0n) is 14.1. The second-order valence-electron chi connectivity index (χ2n) is 6.40. The molecule has 0 aliphatic carbocycles. The minimum Gasteiger partial charge on any atom is -0.334 e. The molecule has 1 unspecified atom stereocenters. The van der Waals surface area contributed by atoms with Crippen molar-refractivity contribution >= 4 is 5.91 Å². The van der Waals surface area contributed by atoms with Crippen molar-refractivity contribution in [3.8, 4) is 0 Å². The molecule has 0 bridgehead atoms. The first kappa shape index (κ1) is 16.6. The lowest BCUT2D eigenvalue weighted by Gasteiger charge is -2.39. The van der Waals surface area contributed by atoms with Gasteiger partial charge in [-0.15, -0.1) is 0 Å². The first-order chi connectivity index (χ1) is 11.7. The maximum Gasteiger partial charge on any atom is 0.220 e. The molecule has 1 aliphatic heterocycles. The van der Waals surface area contributed by atoms with Crippen LogP contribution in [-0.2, 0) is 17.9 Å². The molecule has 3 heterocycles. The number of carbonyl (C=O) groups excluding carboxylic acids is 1. The molecule has 0 spiro atoms. The summed E-state index contributed by atoms with van der Waals surface area (Å²) in [5.41, 5.74) is 2.30. The molecule has 0 radical (unpaired) electrons. The van der Waals surface area contributed by atoms with Crippen LogP contribution in [0.1, 0.15) is 30.9 Å². The van der Waals surface area contributed by atoms with Crippen molar-refractivity contribution in [1.29, 1.82) is 0 Å². The Hall–Kier alpha value is -2.27. The van der Waals surface area contributed by atoms with Gasteiger partial charge in [-0.3, -0.25) is 19.7 Å². The molecule has 24 heavy (non-hydrogen) atoms. The molecule has 0 saturated carbocycles. The van der Waals surface area contributed by atoms with Gasteiger partial charge in [0, 0.05) is 57.4 Å². The lowest BCUT2D eigenvalue weighted by molar-refractivity contribution is -0.133. The van der Waals surface area contributed by atoms with Gasteiger partial charge in [-0.25, -0.2) is 0 Å². The monoisotopic (exact) mass is 324 g/mol. The Labute approximate surface area is 143 Å². The molecular weight excluding hydrogens is 300 g/mol. The Kier molecular flexibility index (Phi) is 5.54. The maximum atomic E-state index is 12.2. The first-order valence-corrected chi connectivity index (χ1v) is 8.50. The number of amides is 1. The highest BCUT2D eigenvalue weighted by molar-refractivity contribution is 5.73. The van der Waals surface area contributed by atoms with Crippen LogP contribution in [0, 0.1) is 0 Å². The number of nitrogens with zero attached hydrogens (tertiary/aromatic N) is 4. The van der Waals surface area contributed by atoms with E-state index in [0.29, 0.717) is 6.54 Å². The molecule has 5 heteroatoms. The molecule has 3 rings (SSSR count). The van der Waals surface area contributed by atoms with Gasteiger partial charge in [0.15, 0.2) is 0 Å². The van der Waals surface area contributed by atoms with E-state index in [2.05, 4.69) is 20.9 Å². The highest BCUT2D eigenvalue weighted by atomic mass is 16.2. The third-order valence-electron chi connectivity index (χ3n) is 4.53. The second kappa shape index (κ2) is 8.02. The van der Waals surface area contributed by atoms with Gasteiger partial charge in [-0.2, -0.15) is 0 Å². The third-order valence-corrected chi connectivity index (χ3v) is 4.53. The average molecular weight is 324 g/mol. The minimum absolute atomic E-state index is 0.132. The lowest BCUT2D eigenvalue weighted by Crippen LogP contribution is -2.49. The topological polar surface area (TPSA) is 49.3 Å². The van der Waals surface area contributed by atoms with Crippen LogP contribution in [0.2, 0.25) is 0 Å². The van der Waals surface area contributed by atoms with E-state index in [0.717, 1.165) is 38.0 Å². The summed E-state index contributed by atoms with van der Waals surface area (Å²) < 4.78 is 0. The van der Waals surface area contributed by atoms with Crippen molar-refractivity contribution < 1.29 is 4.79 Å². The predicted molar refractivity (Wildman–Crippen MR) is 93.0 cm³/mol. The third kappa shape index (κ3) is 4.38. The van der Waals surface area contributed by atoms with E-state index in [1.165, 1.54) is 5.56 Å².